The minimum absolute atomic E-state index is 0.207. The molecule has 35 heavy (non-hydrogen) atoms. The molecule has 1 aromatic heterocycles. The molecule has 0 saturated heterocycles. The number of rotatable bonds is 7. The second-order valence-electron chi connectivity index (χ2n) is 7.68. The second kappa shape index (κ2) is 10.5. The van der Waals surface area contributed by atoms with Crippen LogP contribution < -0.4 is 24.4 Å². The van der Waals surface area contributed by atoms with E-state index < -0.39 is 12.0 Å². The number of thioether (sulfide) groups is 1. The van der Waals surface area contributed by atoms with Gasteiger partial charge in [0.2, 0.25) is 0 Å². The lowest BCUT2D eigenvalue weighted by Crippen LogP contribution is -2.40. The summed E-state index contributed by atoms with van der Waals surface area (Å²) in [4.78, 5) is 33.1. The summed E-state index contributed by atoms with van der Waals surface area (Å²) in [6.45, 7) is 3.71. The topological polar surface area (TPSA) is 79.1 Å². The summed E-state index contributed by atoms with van der Waals surface area (Å²) < 4.78 is 18.4. The second-order valence-corrected chi connectivity index (χ2v) is 9.57. The Labute approximate surface area is 211 Å². The lowest BCUT2D eigenvalue weighted by molar-refractivity contribution is -0.139. The van der Waals surface area contributed by atoms with Gasteiger partial charge in [0.05, 0.1) is 36.6 Å². The van der Waals surface area contributed by atoms with Gasteiger partial charge < -0.3 is 14.2 Å². The number of nitrogens with zero attached hydrogens (tertiary/aromatic N) is 2. The third-order valence-electron chi connectivity index (χ3n) is 5.67. The van der Waals surface area contributed by atoms with E-state index in [-0.39, 0.29) is 12.2 Å². The molecule has 0 spiro atoms. The SMILES string of the molecule is CCOC(=O)C1=C(C)N=c2sc(=Cc3ccc(SC)cc3)c(=O)n2[C@H]1c1ccc(OC)cc1OC. The Kier molecular flexibility index (Phi) is 7.47. The highest BCUT2D eigenvalue weighted by Gasteiger charge is 2.35. The van der Waals surface area contributed by atoms with Gasteiger partial charge in [0.25, 0.3) is 5.56 Å². The Morgan fingerprint density at radius 2 is 1.91 bits per heavy atom. The maximum Gasteiger partial charge on any atom is 0.338 e. The zero-order valence-electron chi connectivity index (χ0n) is 20.2. The molecule has 2 heterocycles. The van der Waals surface area contributed by atoms with Crippen molar-refractivity contribution < 1.29 is 19.0 Å². The monoisotopic (exact) mass is 510 g/mol. The van der Waals surface area contributed by atoms with Gasteiger partial charge in [0.15, 0.2) is 4.80 Å². The number of thiazole rings is 1. The van der Waals surface area contributed by atoms with Crippen molar-refractivity contribution in [1.29, 1.82) is 0 Å². The molecule has 9 heteroatoms. The molecule has 4 rings (SSSR count). The average molecular weight is 511 g/mol. The molecule has 0 N–H and O–H groups in total. The molecule has 0 aliphatic carbocycles. The number of fused-ring (bicyclic) bond motifs is 1. The van der Waals surface area contributed by atoms with Gasteiger partial charge in [-0.1, -0.05) is 23.5 Å². The number of carbonyl (C=O) groups is 1. The van der Waals surface area contributed by atoms with Gasteiger partial charge in [-0.25, -0.2) is 9.79 Å². The van der Waals surface area contributed by atoms with Gasteiger partial charge in [-0.05, 0) is 56.0 Å². The van der Waals surface area contributed by atoms with Gasteiger partial charge in [0.1, 0.15) is 17.5 Å². The highest BCUT2D eigenvalue weighted by Crippen LogP contribution is 2.37. The molecule has 1 atom stereocenters. The Morgan fingerprint density at radius 1 is 1.17 bits per heavy atom. The van der Waals surface area contributed by atoms with Crippen LogP contribution in [0.2, 0.25) is 0 Å². The van der Waals surface area contributed by atoms with Crippen LogP contribution in [0.1, 0.15) is 31.0 Å². The minimum atomic E-state index is -0.757. The number of ether oxygens (including phenoxy) is 3. The molecule has 0 saturated carbocycles. The minimum Gasteiger partial charge on any atom is -0.497 e. The average Bonchev–Trinajstić information content (AvgIpc) is 3.17. The van der Waals surface area contributed by atoms with Crippen LogP contribution in [0.15, 0.2) is 68.4 Å². The van der Waals surface area contributed by atoms with Crippen molar-refractivity contribution in [2.24, 2.45) is 4.99 Å². The first-order valence-electron chi connectivity index (χ1n) is 11.0. The van der Waals surface area contributed by atoms with Crippen LogP contribution in [0, 0.1) is 0 Å². The molecule has 1 aliphatic rings. The predicted molar refractivity (Wildman–Crippen MR) is 138 cm³/mol. The van der Waals surface area contributed by atoms with E-state index in [0.717, 1.165) is 10.5 Å². The number of carbonyl (C=O) groups excluding carboxylic acids is 1. The van der Waals surface area contributed by atoms with E-state index in [1.165, 1.54) is 11.3 Å². The summed E-state index contributed by atoms with van der Waals surface area (Å²) in [7, 11) is 3.11. The van der Waals surface area contributed by atoms with E-state index in [9.17, 15) is 9.59 Å². The van der Waals surface area contributed by atoms with Gasteiger partial charge in [-0.2, -0.15) is 0 Å². The van der Waals surface area contributed by atoms with Crippen molar-refractivity contribution in [3.63, 3.8) is 0 Å². The molecule has 7 nitrogen and oxygen atoms in total. The summed E-state index contributed by atoms with van der Waals surface area (Å²) in [5, 5.41) is 0. The van der Waals surface area contributed by atoms with Crippen molar-refractivity contribution in [3.8, 4) is 11.5 Å². The highest BCUT2D eigenvalue weighted by molar-refractivity contribution is 7.98. The van der Waals surface area contributed by atoms with E-state index in [1.54, 1.807) is 62.6 Å². The summed E-state index contributed by atoms with van der Waals surface area (Å²) in [6, 6.07) is 12.5. The van der Waals surface area contributed by atoms with Crippen LogP contribution in [0.5, 0.6) is 11.5 Å². The van der Waals surface area contributed by atoms with Crippen LogP contribution in [-0.2, 0) is 9.53 Å². The van der Waals surface area contributed by atoms with Crippen molar-refractivity contribution in [1.82, 2.24) is 4.57 Å². The first-order valence-corrected chi connectivity index (χ1v) is 13.0. The van der Waals surface area contributed by atoms with Crippen LogP contribution in [0.25, 0.3) is 6.08 Å². The van der Waals surface area contributed by atoms with Crippen molar-refractivity contribution in [2.45, 2.75) is 24.8 Å². The Bertz CT molecular complexity index is 1470. The molecule has 182 valence electrons. The predicted octanol–water partition coefficient (Wildman–Crippen LogP) is 3.54. The van der Waals surface area contributed by atoms with Gasteiger partial charge in [-0.3, -0.25) is 9.36 Å². The third kappa shape index (κ3) is 4.78. The molecule has 2 aromatic carbocycles. The summed E-state index contributed by atoms with van der Waals surface area (Å²) >= 11 is 2.95. The van der Waals surface area contributed by atoms with Crippen molar-refractivity contribution >= 4 is 35.1 Å². The molecule has 0 bridgehead atoms. The number of hydrogen-bond acceptors (Lipinski definition) is 8. The fourth-order valence-corrected chi connectivity index (χ4v) is 5.44. The lowest BCUT2D eigenvalue weighted by atomic mass is 9.95. The molecule has 1 aliphatic heterocycles. The number of aromatic nitrogens is 1. The quantitative estimate of drug-likeness (QED) is 0.357. The molecular formula is C26H26N2O5S2. The Morgan fingerprint density at radius 3 is 2.54 bits per heavy atom. The number of benzene rings is 2. The first kappa shape index (κ1) is 24.8. The molecule has 0 amide bonds. The summed E-state index contributed by atoms with van der Waals surface area (Å²) in [6.07, 6.45) is 3.86. The van der Waals surface area contributed by atoms with E-state index in [0.29, 0.717) is 37.7 Å². The maximum absolute atomic E-state index is 13.7. The van der Waals surface area contributed by atoms with Crippen molar-refractivity contribution in [3.05, 3.63) is 84.5 Å². The van der Waals surface area contributed by atoms with E-state index >= 15 is 0 Å². The van der Waals surface area contributed by atoms with E-state index in [4.69, 9.17) is 14.2 Å². The summed E-state index contributed by atoms with van der Waals surface area (Å²) in [5.74, 6) is 0.580. The van der Waals surface area contributed by atoms with Gasteiger partial charge in [0, 0.05) is 16.5 Å². The zero-order valence-corrected chi connectivity index (χ0v) is 21.8. The normalized spacial score (nSPS) is 15.5. The van der Waals surface area contributed by atoms with Crippen LogP contribution in [0.3, 0.4) is 0 Å². The Balaban J connectivity index is 1.96. The van der Waals surface area contributed by atoms with Gasteiger partial charge >= 0.3 is 5.97 Å². The highest BCUT2D eigenvalue weighted by atomic mass is 32.2. The van der Waals surface area contributed by atoms with Crippen LogP contribution in [0.4, 0.5) is 0 Å². The fraction of sp³-hybridized carbons (Fsp3) is 0.269. The molecule has 0 fully saturated rings. The summed E-state index contributed by atoms with van der Waals surface area (Å²) in [5.41, 5.74) is 2.12. The van der Waals surface area contributed by atoms with Crippen LogP contribution in [-0.4, -0.2) is 37.6 Å². The fourth-order valence-electron chi connectivity index (χ4n) is 3.98. The number of hydrogen-bond donors (Lipinski definition) is 0. The van der Waals surface area contributed by atoms with E-state index in [2.05, 4.69) is 4.99 Å². The first-order chi connectivity index (χ1) is 16.9. The van der Waals surface area contributed by atoms with Crippen molar-refractivity contribution in [2.75, 3.05) is 27.1 Å². The molecular weight excluding hydrogens is 484 g/mol. The molecule has 0 unspecified atom stereocenters. The number of allylic oxidation sites excluding steroid dienone is 1. The maximum atomic E-state index is 13.7. The zero-order chi connectivity index (χ0) is 25.1. The largest absolute Gasteiger partial charge is 0.497 e. The standard InChI is InChI=1S/C26H26N2O5S2/c1-6-33-25(30)22-15(2)27-26-28(23(22)19-12-9-17(31-3)14-20(19)32-4)24(29)21(35-26)13-16-7-10-18(34-5)11-8-16/h7-14,23H,6H2,1-5H3/t23-/m0/s1. The van der Waals surface area contributed by atoms with E-state index in [1.807, 2.05) is 36.6 Å². The molecule has 3 aromatic rings. The Hall–Kier alpha value is -3.30. The van der Waals surface area contributed by atoms with Gasteiger partial charge in [-0.15, -0.1) is 11.8 Å². The smallest absolute Gasteiger partial charge is 0.338 e. The molecule has 0 radical (unpaired) electrons. The van der Waals surface area contributed by atoms with Crippen LogP contribution >= 0.6 is 23.1 Å². The lowest BCUT2D eigenvalue weighted by Gasteiger charge is -2.26. The number of esters is 1. The third-order valence-corrected chi connectivity index (χ3v) is 7.39. The number of methoxy groups -OCH3 is 2.